The standard InChI is InChI=1S/C18H26N2O2/c1-20(12-14-7-3-5-9-17(14)21)18(22)19-11-15-10-13-6-2-4-8-16(13)15/h2,4,6,8,14-15,17,21H,3,5,7,9-12H2,1H3,(H,19,22)/t14-,15+,17-/m0/s1. The number of carbonyl (C=O) groups excluding carboxylic acids is 1. The third-order valence-corrected chi connectivity index (χ3v) is 5.18. The van der Waals surface area contributed by atoms with E-state index in [1.54, 1.807) is 4.90 Å². The fourth-order valence-electron chi connectivity index (χ4n) is 3.73. The quantitative estimate of drug-likeness (QED) is 0.898. The fraction of sp³-hybridized carbons (Fsp3) is 0.611. The van der Waals surface area contributed by atoms with Gasteiger partial charge in [0.05, 0.1) is 6.10 Å². The molecule has 0 heterocycles. The van der Waals surface area contributed by atoms with Crippen LogP contribution in [0.5, 0.6) is 0 Å². The van der Waals surface area contributed by atoms with Crippen molar-refractivity contribution in [1.29, 1.82) is 0 Å². The Bertz CT molecular complexity index is 532. The molecule has 2 aliphatic carbocycles. The molecule has 0 spiro atoms. The number of amides is 2. The van der Waals surface area contributed by atoms with Crippen LogP contribution in [0, 0.1) is 5.92 Å². The van der Waals surface area contributed by atoms with Gasteiger partial charge in [-0.2, -0.15) is 0 Å². The molecule has 1 saturated carbocycles. The van der Waals surface area contributed by atoms with Crippen LogP contribution in [-0.2, 0) is 6.42 Å². The number of hydrogen-bond acceptors (Lipinski definition) is 2. The van der Waals surface area contributed by atoms with Crippen LogP contribution in [0.4, 0.5) is 4.79 Å². The smallest absolute Gasteiger partial charge is 0.317 e. The fourth-order valence-corrected chi connectivity index (χ4v) is 3.73. The van der Waals surface area contributed by atoms with Crippen molar-refractivity contribution in [3.05, 3.63) is 35.4 Å². The molecule has 4 nitrogen and oxygen atoms in total. The number of urea groups is 1. The van der Waals surface area contributed by atoms with Gasteiger partial charge in [-0.3, -0.25) is 0 Å². The molecular weight excluding hydrogens is 276 g/mol. The Kier molecular flexibility index (Phi) is 4.67. The highest BCUT2D eigenvalue weighted by Crippen LogP contribution is 2.34. The average Bonchev–Trinajstić information content (AvgIpc) is 2.50. The molecule has 2 amide bonds. The van der Waals surface area contributed by atoms with Crippen LogP contribution in [0.15, 0.2) is 24.3 Å². The summed E-state index contributed by atoms with van der Waals surface area (Å²) < 4.78 is 0. The highest BCUT2D eigenvalue weighted by molar-refractivity contribution is 5.74. The van der Waals surface area contributed by atoms with Gasteiger partial charge >= 0.3 is 6.03 Å². The molecule has 4 heteroatoms. The van der Waals surface area contributed by atoms with Gasteiger partial charge in [-0.25, -0.2) is 4.79 Å². The van der Waals surface area contributed by atoms with Crippen molar-refractivity contribution in [1.82, 2.24) is 10.2 Å². The van der Waals surface area contributed by atoms with E-state index in [-0.39, 0.29) is 18.1 Å². The SMILES string of the molecule is CN(C[C@@H]1CCCC[C@@H]1O)C(=O)NC[C@H]1Cc2ccccc21. The maximum absolute atomic E-state index is 12.2. The number of rotatable bonds is 4. The number of carbonyl (C=O) groups is 1. The molecule has 3 rings (SSSR count). The molecule has 0 radical (unpaired) electrons. The van der Waals surface area contributed by atoms with Gasteiger partial charge in [0.2, 0.25) is 0 Å². The Morgan fingerprint density at radius 1 is 1.32 bits per heavy atom. The van der Waals surface area contributed by atoms with Crippen molar-refractivity contribution in [2.24, 2.45) is 5.92 Å². The minimum absolute atomic E-state index is 0.0258. The second-order valence-electron chi connectivity index (χ2n) is 6.78. The Balaban J connectivity index is 1.44. The van der Waals surface area contributed by atoms with E-state index in [2.05, 4.69) is 29.6 Å². The third-order valence-electron chi connectivity index (χ3n) is 5.18. The minimum Gasteiger partial charge on any atom is -0.393 e. The molecule has 0 aromatic heterocycles. The third kappa shape index (κ3) is 3.27. The molecule has 1 aromatic rings. The number of nitrogens with one attached hydrogen (secondary N) is 1. The lowest BCUT2D eigenvalue weighted by molar-refractivity contribution is 0.0565. The number of aliphatic hydroxyl groups excluding tert-OH is 1. The van der Waals surface area contributed by atoms with Crippen LogP contribution in [0.25, 0.3) is 0 Å². The average molecular weight is 302 g/mol. The van der Waals surface area contributed by atoms with Gasteiger partial charge in [-0.05, 0) is 30.4 Å². The van der Waals surface area contributed by atoms with Crippen LogP contribution in [0.1, 0.15) is 42.7 Å². The predicted molar refractivity (Wildman–Crippen MR) is 86.9 cm³/mol. The van der Waals surface area contributed by atoms with E-state index in [0.29, 0.717) is 19.0 Å². The monoisotopic (exact) mass is 302 g/mol. The summed E-state index contributed by atoms with van der Waals surface area (Å²) in [6, 6.07) is 8.41. The van der Waals surface area contributed by atoms with E-state index in [1.807, 2.05) is 7.05 Å². The molecule has 22 heavy (non-hydrogen) atoms. The first-order valence-electron chi connectivity index (χ1n) is 8.40. The number of nitrogens with zero attached hydrogens (tertiary/aromatic N) is 1. The summed E-state index contributed by atoms with van der Waals surface area (Å²) in [5, 5.41) is 13.1. The highest BCUT2D eigenvalue weighted by atomic mass is 16.3. The summed E-state index contributed by atoms with van der Waals surface area (Å²) >= 11 is 0. The number of fused-ring (bicyclic) bond motifs is 1. The molecular formula is C18H26N2O2. The Morgan fingerprint density at radius 3 is 2.86 bits per heavy atom. The summed E-state index contributed by atoms with van der Waals surface area (Å²) in [6.45, 7) is 1.35. The van der Waals surface area contributed by atoms with Gasteiger partial charge in [0.15, 0.2) is 0 Å². The lowest BCUT2D eigenvalue weighted by Gasteiger charge is -2.33. The van der Waals surface area contributed by atoms with E-state index in [9.17, 15) is 9.90 Å². The largest absolute Gasteiger partial charge is 0.393 e. The van der Waals surface area contributed by atoms with E-state index in [4.69, 9.17) is 0 Å². The Hall–Kier alpha value is -1.55. The van der Waals surface area contributed by atoms with Crippen LogP contribution < -0.4 is 5.32 Å². The first kappa shape index (κ1) is 15.3. The molecule has 1 fully saturated rings. The second kappa shape index (κ2) is 6.69. The molecule has 2 N–H and O–H groups in total. The second-order valence-corrected chi connectivity index (χ2v) is 6.78. The van der Waals surface area contributed by atoms with Crippen molar-refractivity contribution < 1.29 is 9.90 Å². The zero-order valence-electron chi connectivity index (χ0n) is 13.3. The van der Waals surface area contributed by atoms with Crippen molar-refractivity contribution in [3.63, 3.8) is 0 Å². The maximum atomic E-state index is 12.2. The van der Waals surface area contributed by atoms with Crippen LogP contribution in [0.2, 0.25) is 0 Å². The van der Waals surface area contributed by atoms with Crippen molar-refractivity contribution in [3.8, 4) is 0 Å². The van der Waals surface area contributed by atoms with Crippen LogP contribution >= 0.6 is 0 Å². The molecule has 0 unspecified atom stereocenters. The number of aliphatic hydroxyl groups is 1. The summed E-state index contributed by atoms with van der Waals surface area (Å²) in [4.78, 5) is 13.9. The van der Waals surface area contributed by atoms with Crippen LogP contribution in [0.3, 0.4) is 0 Å². The number of hydrogen-bond donors (Lipinski definition) is 2. The number of benzene rings is 1. The molecule has 2 aliphatic rings. The summed E-state index contributed by atoms with van der Waals surface area (Å²) in [5.74, 6) is 0.683. The van der Waals surface area contributed by atoms with Crippen molar-refractivity contribution in [2.75, 3.05) is 20.1 Å². The van der Waals surface area contributed by atoms with Gasteiger partial charge in [-0.1, -0.05) is 37.1 Å². The summed E-state index contributed by atoms with van der Waals surface area (Å²) in [6.07, 6.45) is 4.97. The first-order chi connectivity index (χ1) is 10.6. The molecule has 0 saturated heterocycles. The topological polar surface area (TPSA) is 52.6 Å². The lowest BCUT2D eigenvalue weighted by atomic mass is 9.78. The molecule has 1 aromatic carbocycles. The van der Waals surface area contributed by atoms with Crippen LogP contribution in [-0.4, -0.2) is 42.3 Å². The van der Waals surface area contributed by atoms with E-state index in [0.717, 1.165) is 32.1 Å². The van der Waals surface area contributed by atoms with Gasteiger partial charge in [0.1, 0.15) is 0 Å². The van der Waals surface area contributed by atoms with Gasteiger partial charge < -0.3 is 15.3 Å². The lowest BCUT2D eigenvalue weighted by Crippen LogP contribution is -2.44. The molecule has 0 bridgehead atoms. The van der Waals surface area contributed by atoms with E-state index >= 15 is 0 Å². The summed E-state index contributed by atoms with van der Waals surface area (Å²) in [5.41, 5.74) is 2.77. The zero-order valence-corrected chi connectivity index (χ0v) is 13.3. The molecule has 0 aliphatic heterocycles. The Morgan fingerprint density at radius 2 is 2.09 bits per heavy atom. The van der Waals surface area contributed by atoms with E-state index < -0.39 is 0 Å². The van der Waals surface area contributed by atoms with Gasteiger partial charge in [0, 0.05) is 32.0 Å². The Labute approximate surface area is 132 Å². The van der Waals surface area contributed by atoms with Crippen molar-refractivity contribution in [2.45, 2.75) is 44.1 Å². The highest BCUT2D eigenvalue weighted by Gasteiger charge is 2.28. The normalized spacial score (nSPS) is 26.7. The van der Waals surface area contributed by atoms with Gasteiger partial charge in [-0.15, -0.1) is 0 Å². The summed E-state index contributed by atoms with van der Waals surface area (Å²) in [7, 11) is 1.82. The maximum Gasteiger partial charge on any atom is 0.317 e. The van der Waals surface area contributed by atoms with E-state index in [1.165, 1.54) is 11.1 Å². The van der Waals surface area contributed by atoms with Crippen molar-refractivity contribution >= 4 is 6.03 Å². The first-order valence-corrected chi connectivity index (χ1v) is 8.40. The zero-order chi connectivity index (χ0) is 15.5. The predicted octanol–water partition coefficient (Wildman–Crippen LogP) is 2.52. The minimum atomic E-state index is -0.248. The van der Waals surface area contributed by atoms with Gasteiger partial charge in [0.25, 0.3) is 0 Å². The molecule has 120 valence electrons. The molecule has 3 atom stereocenters.